The Kier molecular flexibility index (Phi) is 9.71. The number of benzene rings is 5. The monoisotopic (exact) mass is 958 g/mol. The van der Waals surface area contributed by atoms with Gasteiger partial charge in [0, 0.05) is 39.9 Å². The number of pyridine rings is 1. The third-order valence-electron chi connectivity index (χ3n) is 12.7. The van der Waals surface area contributed by atoms with E-state index in [9.17, 15) is 0 Å². The second-order valence-corrected chi connectivity index (χ2v) is 18.8. The molecule has 2 aliphatic heterocycles. The molecular formula is C53H53N3O2Pt. The van der Waals surface area contributed by atoms with E-state index in [1.807, 2.05) is 18.3 Å². The molecule has 0 unspecified atom stereocenters. The first kappa shape index (κ1) is 40.8. The molecule has 1 aromatic heterocycles. The molecule has 5 nitrogen and oxygen atoms in total. The van der Waals surface area contributed by atoms with Gasteiger partial charge in [0.2, 0.25) is 0 Å². The number of rotatable bonds is 4. The molecule has 59 heavy (non-hydrogen) atoms. The summed E-state index contributed by atoms with van der Waals surface area (Å²) in [6.45, 7) is 28.7. The fraction of sp³-hybridized carbons (Fsp3) is 0.321. The third-order valence-corrected chi connectivity index (χ3v) is 12.7. The van der Waals surface area contributed by atoms with Crippen LogP contribution in [-0.2, 0) is 42.2 Å². The molecule has 6 aromatic rings. The second-order valence-electron chi connectivity index (χ2n) is 18.8. The van der Waals surface area contributed by atoms with Crippen molar-refractivity contribution in [2.75, 3.05) is 4.90 Å². The zero-order valence-corrected chi connectivity index (χ0v) is 38.8. The number of hydrogen-bond acceptors (Lipinski definition) is 5. The van der Waals surface area contributed by atoms with E-state index in [1.165, 1.54) is 61.2 Å². The van der Waals surface area contributed by atoms with Gasteiger partial charge < -0.3 is 14.4 Å². The van der Waals surface area contributed by atoms with Gasteiger partial charge in [-0.15, -0.1) is 29.8 Å². The molecule has 0 saturated carbocycles. The van der Waals surface area contributed by atoms with E-state index >= 15 is 0 Å². The van der Waals surface area contributed by atoms with Crippen LogP contribution in [0.4, 0.5) is 17.2 Å². The molecule has 3 heterocycles. The molecular weight excluding hydrogens is 906 g/mol. The van der Waals surface area contributed by atoms with Crippen LogP contribution in [0.1, 0.15) is 120 Å². The van der Waals surface area contributed by atoms with E-state index in [-0.39, 0.29) is 38.0 Å². The average Bonchev–Trinajstić information content (AvgIpc) is 3.51. The quantitative estimate of drug-likeness (QED) is 0.165. The molecule has 0 radical (unpaired) electrons. The summed E-state index contributed by atoms with van der Waals surface area (Å²) in [7, 11) is 0. The fourth-order valence-corrected chi connectivity index (χ4v) is 9.77. The van der Waals surface area contributed by atoms with Crippen molar-refractivity contribution >= 4 is 23.1 Å². The van der Waals surface area contributed by atoms with Crippen LogP contribution < -0.4 is 9.64 Å². The van der Waals surface area contributed by atoms with Crippen LogP contribution in [0, 0.1) is 60.6 Å². The van der Waals surface area contributed by atoms with Gasteiger partial charge in [0.05, 0.1) is 0 Å². The molecule has 3 aliphatic rings. The van der Waals surface area contributed by atoms with Crippen LogP contribution in [-0.4, -0.2) is 10.9 Å². The molecule has 0 fully saturated rings. The number of anilines is 3. The van der Waals surface area contributed by atoms with Crippen molar-refractivity contribution in [3.63, 3.8) is 0 Å². The maximum atomic E-state index is 7.03. The van der Waals surface area contributed by atoms with E-state index in [2.05, 4.69) is 168 Å². The summed E-state index contributed by atoms with van der Waals surface area (Å²) in [6, 6.07) is 33.9. The van der Waals surface area contributed by atoms with E-state index < -0.39 is 5.54 Å². The standard InChI is InChI=1S/C53H53N3O2.Pt/c1-29-19-34(6)46-40(23-29)48-53(13,43-24-30(2)20-35(7)47(43)46)55-50(58-48)39-28-45(33(5)25-32(39)4)57-38-22-31(3)21-37(27-38)56-44-17-16-36(51(8,9)10)26-42(44)52(11,12)41-15-14-18-54-49(41)56;/h14-26,48H,1-13H3;/q-2;+2/t48-,53+;/m0./s1. The average molecular weight is 959 g/mol. The first-order valence-electron chi connectivity index (χ1n) is 20.5. The van der Waals surface area contributed by atoms with Gasteiger partial charge in [-0.25, -0.2) is 4.98 Å². The minimum absolute atomic E-state index is 0. The first-order valence-corrected chi connectivity index (χ1v) is 20.5. The van der Waals surface area contributed by atoms with E-state index in [1.54, 1.807) is 0 Å². The second kappa shape index (κ2) is 14.1. The van der Waals surface area contributed by atoms with E-state index in [0.717, 1.165) is 39.4 Å². The number of aromatic nitrogens is 1. The van der Waals surface area contributed by atoms with Gasteiger partial charge in [0.15, 0.2) is 0 Å². The Labute approximate surface area is 365 Å². The molecule has 0 amide bonds. The van der Waals surface area contributed by atoms with Crippen LogP contribution in [0.5, 0.6) is 11.5 Å². The molecule has 6 heteroatoms. The Morgan fingerprint density at radius 2 is 1.41 bits per heavy atom. The first-order chi connectivity index (χ1) is 27.3. The number of fused-ring (bicyclic) bond motifs is 8. The van der Waals surface area contributed by atoms with E-state index in [0.29, 0.717) is 17.4 Å². The zero-order valence-electron chi connectivity index (χ0n) is 36.6. The predicted octanol–water partition coefficient (Wildman–Crippen LogP) is 13.5. The summed E-state index contributed by atoms with van der Waals surface area (Å²) >= 11 is 0. The fourth-order valence-electron chi connectivity index (χ4n) is 9.77. The molecule has 0 saturated heterocycles. The van der Waals surface area contributed by atoms with Crippen molar-refractivity contribution in [1.29, 1.82) is 0 Å². The van der Waals surface area contributed by atoms with Gasteiger partial charge in [0.25, 0.3) is 0 Å². The predicted molar refractivity (Wildman–Crippen MR) is 237 cm³/mol. The van der Waals surface area contributed by atoms with Gasteiger partial charge in [-0.1, -0.05) is 132 Å². The minimum atomic E-state index is -0.614. The van der Waals surface area contributed by atoms with Crippen molar-refractivity contribution in [2.24, 2.45) is 4.99 Å². The normalized spacial score (nSPS) is 18.4. The van der Waals surface area contributed by atoms with Crippen molar-refractivity contribution in [1.82, 2.24) is 4.98 Å². The topological polar surface area (TPSA) is 47.0 Å². The summed E-state index contributed by atoms with van der Waals surface area (Å²) in [5.41, 5.74) is 18.6. The molecule has 1 aliphatic carbocycles. The van der Waals surface area contributed by atoms with Gasteiger partial charge in [-0.2, -0.15) is 5.56 Å². The molecule has 0 spiro atoms. The van der Waals surface area contributed by atoms with Crippen LogP contribution in [0.15, 0.2) is 84.0 Å². The maximum Gasteiger partial charge on any atom is 2.00 e. The molecule has 2 atom stereocenters. The largest absolute Gasteiger partial charge is 2.00 e. The number of aryl methyl sites for hydroxylation is 7. The molecule has 5 aromatic carbocycles. The Morgan fingerprint density at radius 1 is 0.712 bits per heavy atom. The molecule has 302 valence electrons. The number of ether oxygens (including phenoxy) is 2. The Hall–Kier alpha value is -4.99. The van der Waals surface area contributed by atoms with Gasteiger partial charge in [-0.05, 0) is 91.1 Å². The van der Waals surface area contributed by atoms with Crippen LogP contribution >= 0.6 is 0 Å². The van der Waals surface area contributed by atoms with Gasteiger partial charge >= 0.3 is 21.1 Å². The van der Waals surface area contributed by atoms with Crippen molar-refractivity contribution in [3.05, 3.63) is 163 Å². The zero-order chi connectivity index (χ0) is 41.2. The van der Waals surface area contributed by atoms with Crippen LogP contribution in [0.2, 0.25) is 0 Å². The summed E-state index contributed by atoms with van der Waals surface area (Å²) in [5, 5.41) is 0. The Morgan fingerprint density at radius 3 is 2.14 bits per heavy atom. The molecule has 0 N–H and O–H groups in total. The van der Waals surface area contributed by atoms with Crippen molar-refractivity contribution in [2.45, 2.75) is 112 Å². The smallest absolute Gasteiger partial charge is 0.509 e. The van der Waals surface area contributed by atoms with Gasteiger partial charge in [0.1, 0.15) is 23.4 Å². The molecule has 9 rings (SSSR count). The summed E-state index contributed by atoms with van der Waals surface area (Å²) in [6.07, 6.45) is 1.60. The SMILES string of the molecule is Cc1cc(Oc2[c-]c(C3=N[C@]4(C)c5cc(C)cc(C)c5-c5c(C)cc(C)cc5[C@@H]4O3)c(C)cc2C)[c-]c(N2c3ccc(C(C)(C)C)cc3C(C)(C)c3cccnc32)c1.[Pt+2]. The molecule has 0 bridgehead atoms. The van der Waals surface area contributed by atoms with Gasteiger partial charge in [-0.3, -0.25) is 4.99 Å². The van der Waals surface area contributed by atoms with Crippen LogP contribution in [0.3, 0.4) is 0 Å². The number of hydrogen-bond donors (Lipinski definition) is 0. The Balaban J connectivity index is 0.00000484. The minimum Gasteiger partial charge on any atom is -0.509 e. The summed E-state index contributed by atoms with van der Waals surface area (Å²) in [4.78, 5) is 12.7. The van der Waals surface area contributed by atoms with Crippen molar-refractivity contribution < 1.29 is 30.5 Å². The Bertz CT molecular complexity index is 2760. The van der Waals surface area contributed by atoms with Crippen LogP contribution in [0.25, 0.3) is 11.1 Å². The summed E-state index contributed by atoms with van der Waals surface area (Å²) in [5.74, 6) is 2.72. The summed E-state index contributed by atoms with van der Waals surface area (Å²) < 4.78 is 13.8. The van der Waals surface area contributed by atoms with E-state index in [4.69, 9.17) is 19.5 Å². The third kappa shape index (κ3) is 6.47. The maximum absolute atomic E-state index is 7.03. The number of nitrogens with zero attached hydrogens (tertiary/aromatic N) is 3. The number of aliphatic imine (C=N–C) groups is 1. The van der Waals surface area contributed by atoms with Crippen molar-refractivity contribution in [3.8, 4) is 22.6 Å².